The zero-order valence-electron chi connectivity index (χ0n) is 20.7. The van der Waals surface area contributed by atoms with Crippen molar-refractivity contribution < 1.29 is 22.8 Å². The van der Waals surface area contributed by atoms with Crippen molar-refractivity contribution in [2.24, 2.45) is 0 Å². The lowest BCUT2D eigenvalue weighted by Gasteiger charge is -2.33. The molecular formula is C26H27ClF3N5O2S. The molecule has 0 bridgehead atoms. The Labute approximate surface area is 227 Å². The molecule has 1 aliphatic carbocycles. The van der Waals surface area contributed by atoms with Crippen molar-refractivity contribution in [1.29, 1.82) is 0 Å². The highest BCUT2D eigenvalue weighted by molar-refractivity contribution is 7.09. The van der Waals surface area contributed by atoms with Gasteiger partial charge in [-0.1, -0.05) is 35.9 Å². The van der Waals surface area contributed by atoms with Crippen molar-refractivity contribution >= 4 is 34.8 Å². The van der Waals surface area contributed by atoms with Crippen molar-refractivity contribution in [3.8, 4) is 0 Å². The van der Waals surface area contributed by atoms with Gasteiger partial charge in [-0.25, -0.2) is 9.67 Å². The highest BCUT2D eigenvalue weighted by Gasteiger charge is 2.35. The van der Waals surface area contributed by atoms with Gasteiger partial charge in [-0.2, -0.15) is 18.3 Å². The highest BCUT2D eigenvalue weighted by atomic mass is 35.5. The first-order chi connectivity index (χ1) is 18.1. The minimum Gasteiger partial charge on any atom is -0.341 e. The van der Waals surface area contributed by atoms with Crippen LogP contribution >= 0.6 is 22.9 Å². The SMILES string of the molecule is CN(C(=O)c1csc(C2CCN(C(=O)Cn3nc(C(F)(F)F)cc3Cl)CC2)n1)[C@@H]1CCCc2ccccc21. The number of aromatic nitrogens is 3. The number of nitrogens with zero attached hydrogens (tertiary/aromatic N) is 5. The molecule has 0 radical (unpaired) electrons. The van der Waals surface area contributed by atoms with Crippen LogP contribution < -0.4 is 0 Å². The van der Waals surface area contributed by atoms with Crippen molar-refractivity contribution in [2.45, 2.75) is 56.8 Å². The van der Waals surface area contributed by atoms with Gasteiger partial charge in [0.1, 0.15) is 17.4 Å². The van der Waals surface area contributed by atoms with Crippen LogP contribution in [-0.2, 0) is 23.9 Å². The summed E-state index contributed by atoms with van der Waals surface area (Å²) >= 11 is 7.31. The molecule has 202 valence electrons. The maximum absolute atomic E-state index is 13.3. The lowest BCUT2D eigenvalue weighted by atomic mass is 9.87. The van der Waals surface area contributed by atoms with E-state index < -0.39 is 11.9 Å². The van der Waals surface area contributed by atoms with Crippen LogP contribution in [0.15, 0.2) is 35.7 Å². The molecule has 0 spiro atoms. The number of piperidine rings is 1. The summed E-state index contributed by atoms with van der Waals surface area (Å²) < 4.78 is 39.5. The van der Waals surface area contributed by atoms with Gasteiger partial charge in [-0.3, -0.25) is 9.59 Å². The molecule has 1 aliphatic heterocycles. The monoisotopic (exact) mass is 565 g/mol. The average molecular weight is 566 g/mol. The third-order valence-corrected chi connectivity index (χ3v) is 8.68. The summed E-state index contributed by atoms with van der Waals surface area (Å²) in [6, 6.07) is 9.01. The number of rotatable bonds is 5. The first kappa shape index (κ1) is 26.7. The van der Waals surface area contributed by atoms with Gasteiger partial charge in [0.15, 0.2) is 5.69 Å². The molecule has 3 aromatic rings. The van der Waals surface area contributed by atoms with Crippen LogP contribution in [0.2, 0.25) is 5.15 Å². The molecule has 2 aliphatic rings. The molecule has 1 fully saturated rings. The van der Waals surface area contributed by atoms with Crippen LogP contribution in [0.1, 0.15) is 70.0 Å². The molecule has 1 saturated heterocycles. The lowest BCUT2D eigenvalue weighted by molar-refractivity contribution is -0.142. The minimum absolute atomic E-state index is 0.0300. The molecule has 0 unspecified atom stereocenters. The third kappa shape index (κ3) is 5.44. The Hall–Kier alpha value is -2.92. The smallest absolute Gasteiger partial charge is 0.341 e. The van der Waals surface area contributed by atoms with Crippen LogP contribution in [0.25, 0.3) is 0 Å². The molecule has 2 amide bonds. The maximum atomic E-state index is 13.3. The van der Waals surface area contributed by atoms with E-state index in [0.29, 0.717) is 37.7 Å². The molecule has 7 nitrogen and oxygen atoms in total. The largest absolute Gasteiger partial charge is 0.435 e. The van der Waals surface area contributed by atoms with Crippen LogP contribution in [-0.4, -0.2) is 56.5 Å². The topological polar surface area (TPSA) is 71.3 Å². The van der Waals surface area contributed by atoms with Crippen LogP contribution in [0.3, 0.4) is 0 Å². The van der Waals surface area contributed by atoms with E-state index in [4.69, 9.17) is 11.6 Å². The minimum atomic E-state index is -4.63. The number of fused-ring (bicyclic) bond motifs is 1. The third-order valence-electron chi connectivity index (χ3n) is 7.37. The number of amides is 2. The van der Waals surface area contributed by atoms with E-state index in [1.165, 1.54) is 22.5 Å². The fourth-order valence-corrected chi connectivity index (χ4v) is 6.44. The number of benzene rings is 1. The standard InChI is InChI=1S/C26H27ClF3N5O2S/c1-33(20-8-4-6-16-5-2-3-7-18(16)20)25(37)19-15-38-24(31-19)17-9-11-34(12-10-17)23(36)14-35-22(27)13-21(32-35)26(28,29)30/h2-3,5,7,13,15,17,20H,4,6,8-12,14H2,1H3/t20-/m1/s1. The van der Waals surface area contributed by atoms with Crippen molar-refractivity contribution in [3.63, 3.8) is 0 Å². The van der Waals surface area contributed by atoms with Gasteiger partial charge in [0.25, 0.3) is 5.91 Å². The van der Waals surface area contributed by atoms with Gasteiger partial charge in [0.2, 0.25) is 5.91 Å². The van der Waals surface area contributed by atoms with Crippen LogP contribution in [0.5, 0.6) is 0 Å². The number of carbonyl (C=O) groups is 2. The Balaban J connectivity index is 1.18. The van der Waals surface area contributed by atoms with E-state index in [2.05, 4.69) is 22.2 Å². The summed E-state index contributed by atoms with van der Waals surface area (Å²) in [6.07, 6.45) is -0.335. The number of hydrogen-bond acceptors (Lipinski definition) is 5. The molecule has 1 aromatic carbocycles. The quantitative estimate of drug-likeness (QED) is 0.406. The number of aryl methyl sites for hydroxylation is 1. The number of carbonyl (C=O) groups excluding carboxylic acids is 2. The Morgan fingerprint density at radius 2 is 1.92 bits per heavy atom. The molecule has 12 heteroatoms. The Bertz CT molecular complexity index is 1330. The maximum Gasteiger partial charge on any atom is 0.435 e. The predicted molar refractivity (Wildman–Crippen MR) is 137 cm³/mol. The molecule has 5 rings (SSSR count). The van der Waals surface area contributed by atoms with E-state index in [1.54, 1.807) is 15.2 Å². The van der Waals surface area contributed by atoms with Crippen LogP contribution in [0.4, 0.5) is 13.2 Å². The summed E-state index contributed by atoms with van der Waals surface area (Å²) in [7, 11) is 1.84. The summed E-state index contributed by atoms with van der Waals surface area (Å²) in [5.41, 5.74) is 1.80. The lowest BCUT2D eigenvalue weighted by Crippen LogP contribution is -2.40. The molecular weight excluding hydrogens is 539 g/mol. The van der Waals surface area contributed by atoms with E-state index >= 15 is 0 Å². The fourth-order valence-electron chi connectivity index (χ4n) is 5.27. The van der Waals surface area contributed by atoms with Crippen molar-refractivity contribution in [1.82, 2.24) is 24.6 Å². The van der Waals surface area contributed by atoms with Gasteiger partial charge < -0.3 is 9.80 Å². The molecule has 38 heavy (non-hydrogen) atoms. The average Bonchev–Trinajstić information content (AvgIpc) is 3.55. The zero-order valence-corrected chi connectivity index (χ0v) is 22.3. The van der Waals surface area contributed by atoms with Gasteiger partial charge >= 0.3 is 6.18 Å². The molecule has 2 aromatic heterocycles. The highest BCUT2D eigenvalue weighted by Crippen LogP contribution is 2.35. The number of halogens is 4. The van der Waals surface area contributed by atoms with Gasteiger partial charge in [-0.05, 0) is 43.2 Å². The summed E-state index contributed by atoms with van der Waals surface area (Å²) in [5.74, 6) is -0.334. The molecule has 1 atom stereocenters. The van der Waals surface area contributed by atoms with E-state index in [9.17, 15) is 22.8 Å². The van der Waals surface area contributed by atoms with Gasteiger partial charge in [-0.15, -0.1) is 11.3 Å². The molecule has 0 saturated carbocycles. The Morgan fingerprint density at radius 1 is 1.18 bits per heavy atom. The second kappa shape index (κ2) is 10.7. The summed E-state index contributed by atoms with van der Waals surface area (Å²) in [5, 5.41) is 5.86. The molecule has 0 N–H and O–H groups in total. The van der Waals surface area contributed by atoms with E-state index in [0.717, 1.165) is 29.0 Å². The van der Waals surface area contributed by atoms with Crippen molar-refractivity contribution in [2.75, 3.05) is 20.1 Å². The summed E-state index contributed by atoms with van der Waals surface area (Å²) in [4.78, 5) is 34.0. The number of alkyl halides is 3. The number of hydrogen-bond donors (Lipinski definition) is 0. The fraction of sp³-hybridized carbons (Fsp3) is 0.462. The van der Waals surface area contributed by atoms with Crippen LogP contribution in [0, 0.1) is 0 Å². The van der Waals surface area contributed by atoms with Crippen molar-refractivity contribution in [3.05, 3.63) is 68.4 Å². The van der Waals surface area contributed by atoms with Gasteiger partial charge in [0, 0.05) is 37.5 Å². The number of thiazole rings is 1. The first-order valence-electron chi connectivity index (χ1n) is 12.5. The second-order valence-electron chi connectivity index (χ2n) is 9.76. The summed E-state index contributed by atoms with van der Waals surface area (Å²) in [6.45, 7) is 0.526. The van der Waals surface area contributed by atoms with E-state index in [-0.39, 0.29) is 35.5 Å². The number of likely N-dealkylation sites (tertiary alicyclic amines) is 1. The van der Waals surface area contributed by atoms with E-state index in [1.807, 2.05) is 19.2 Å². The Morgan fingerprint density at radius 3 is 2.63 bits per heavy atom. The molecule has 3 heterocycles. The van der Waals surface area contributed by atoms with Gasteiger partial charge in [0.05, 0.1) is 11.0 Å². The second-order valence-corrected chi connectivity index (χ2v) is 11.0. The zero-order chi connectivity index (χ0) is 27.0. The normalized spacial score (nSPS) is 18.3. The first-order valence-corrected chi connectivity index (χ1v) is 13.8. The predicted octanol–water partition coefficient (Wildman–Crippen LogP) is 5.57. The Kier molecular flexibility index (Phi) is 7.50.